The number of methoxy groups -OCH3 is 1. The van der Waals surface area contributed by atoms with E-state index >= 15 is 0 Å². The molecule has 0 heterocycles. The van der Waals surface area contributed by atoms with Gasteiger partial charge in [-0.15, -0.1) is 0 Å². The van der Waals surface area contributed by atoms with Gasteiger partial charge in [-0.05, 0) is 36.4 Å². The van der Waals surface area contributed by atoms with Crippen molar-refractivity contribution in [2.45, 2.75) is 4.90 Å². The van der Waals surface area contributed by atoms with Crippen LogP contribution in [0.25, 0.3) is 0 Å². The van der Waals surface area contributed by atoms with Gasteiger partial charge in [0.15, 0.2) is 0 Å². The Bertz CT molecular complexity index is 682. The summed E-state index contributed by atoms with van der Waals surface area (Å²) in [5.41, 5.74) is 1.42. The fraction of sp³-hybridized carbons (Fsp3) is 0.143. The number of hydrogen-bond acceptors (Lipinski definition) is 4. The standard InChI is InChI=1S/C14H16N2O3S/c1-15-11-6-8-12(9-7-11)16-20(17,18)14-5-3-4-13(10-14)19-2/h3-10,15-16H,1-2H3. The fourth-order valence-corrected chi connectivity index (χ4v) is 2.78. The summed E-state index contributed by atoms with van der Waals surface area (Å²) in [6.45, 7) is 0. The van der Waals surface area contributed by atoms with Gasteiger partial charge < -0.3 is 10.1 Å². The van der Waals surface area contributed by atoms with Gasteiger partial charge in [0, 0.05) is 24.5 Å². The number of nitrogens with one attached hydrogen (secondary N) is 2. The molecule has 20 heavy (non-hydrogen) atoms. The first-order valence-electron chi connectivity index (χ1n) is 6.00. The molecule has 0 atom stereocenters. The Hall–Kier alpha value is -2.21. The second kappa shape index (κ2) is 5.83. The van der Waals surface area contributed by atoms with E-state index in [9.17, 15) is 8.42 Å². The van der Waals surface area contributed by atoms with Crippen molar-refractivity contribution < 1.29 is 13.2 Å². The third kappa shape index (κ3) is 3.21. The van der Waals surface area contributed by atoms with Gasteiger partial charge in [0.05, 0.1) is 12.0 Å². The highest BCUT2D eigenvalue weighted by Gasteiger charge is 2.14. The zero-order valence-corrected chi connectivity index (χ0v) is 12.1. The predicted molar refractivity (Wildman–Crippen MR) is 79.8 cm³/mol. The summed E-state index contributed by atoms with van der Waals surface area (Å²) >= 11 is 0. The Labute approximate surface area is 118 Å². The van der Waals surface area contributed by atoms with E-state index in [1.54, 1.807) is 43.4 Å². The van der Waals surface area contributed by atoms with Gasteiger partial charge in [-0.3, -0.25) is 4.72 Å². The van der Waals surface area contributed by atoms with E-state index < -0.39 is 10.0 Å². The first-order chi connectivity index (χ1) is 9.55. The highest BCUT2D eigenvalue weighted by atomic mass is 32.2. The molecule has 0 fully saturated rings. The number of hydrogen-bond donors (Lipinski definition) is 2. The van der Waals surface area contributed by atoms with Crippen molar-refractivity contribution >= 4 is 21.4 Å². The molecule has 0 spiro atoms. The molecule has 5 nitrogen and oxygen atoms in total. The molecular weight excluding hydrogens is 276 g/mol. The molecule has 106 valence electrons. The first kappa shape index (κ1) is 14.2. The fourth-order valence-electron chi connectivity index (χ4n) is 1.69. The molecule has 0 aliphatic heterocycles. The van der Waals surface area contributed by atoms with Crippen LogP contribution < -0.4 is 14.8 Å². The van der Waals surface area contributed by atoms with Gasteiger partial charge in [-0.2, -0.15) is 0 Å². The minimum absolute atomic E-state index is 0.162. The maximum atomic E-state index is 12.2. The lowest BCUT2D eigenvalue weighted by atomic mass is 10.3. The monoisotopic (exact) mass is 292 g/mol. The summed E-state index contributed by atoms with van der Waals surface area (Å²) in [4.78, 5) is 0.162. The largest absolute Gasteiger partial charge is 0.497 e. The second-order valence-electron chi connectivity index (χ2n) is 4.11. The van der Waals surface area contributed by atoms with Crippen LogP contribution >= 0.6 is 0 Å². The van der Waals surface area contributed by atoms with Crippen LogP contribution in [0, 0.1) is 0 Å². The molecule has 2 aromatic carbocycles. The maximum Gasteiger partial charge on any atom is 0.262 e. The lowest BCUT2D eigenvalue weighted by Gasteiger charge is -2.09. The Morgan fingerprint density at radius 3 is 2.25 bits per heavy atom. The molecule has 0 aromatic heterocycles. The van der Waals surface area contributed by atoms with Crippen molar-refractivity contribution in [1.29, 1.82) is 0 Å². The van der Waals surface area contributed by atoms with Gasteiger partial charge in [0.1, 0.15) is 5.75 Å². The second-order valence-corrected chi connectivity index (χ2v) is 5.79. The lowest BCUT2D eigenvalue weighted by Crippen LogP contribution is -2.12. The van der Waals surface area contributed by atoms with E-state index in [0.717, 1.165) is 5.69 Å². The summed E-state index contributed by atoms with van der Waals surface area (Å²) in [5.74, 6) is 0.499. The Morgan fingerprint density at radius 1 is 1.00 bits per heavy atom. The molecular formula is C14H16N2O3S. The van der Waals surface area contributed by atoms with Crippen molar-refractivity contribution in [3.8, 4) is 5.75 Å². The molecule has 2 rings (SSSR count). The van der Waals surface area contributed by atoms with Crippen molar-refractivity contribution in [1.82, 2.24) is 0 Å². The molecule has 0 radical (unpaired) electrons. The van der Waals surface area contributed by atoms with E-state index in [-0.39, 0.29) is 4.90 Å². The van der Waals surface area contributed by atoms with Crippen LogP contribution in [0.15, 0.2) is 53.4 Å². The summed E-state index contributed by atoms with van der Waals surface area (Å²) in [6.07, 6.45) is 0. The number of rotatable bonds is 5. The maximum absolute atomic E-state index is 12.2. The van der Waals surface area contributed by atoms with Crippen molar-refractivity contribution in [3.05, 3.63) is 48.5 Å². The van der Waals surface area contributed by atoms with E-state index in [4.69, 9.17) is 4.74 Å². The average molecular weight is 292 g/mol. The van der Waals surface area contributed by atoms with Crippen molar-refractivity contribution in [2.75, 3.05) is 24.2 Å². The molecule has 0 unspecified atom stereocenters. The van der Waals surface area contributed by atoms with Crippen LogP contribution in [-0.2, 0) is 10.0 Å². The number of anilines is 2. The SMILES string of the molecule is CNc1ccc(NS(=O)(=O)c2cccc(OC)c2)cc1. The Kier molecular flexibility index (Phi) is 4.14. The molecule has 0 bridgehead atoms. The summed E-state index contributed by atoms with van der Waals surface area (Å²) in [6, 6.07) is 13.3. The minimum atomic E-state index is -3.62. The van der Waals surface area contributed by atoms with Crippen molar-refractivity contribution in [3.63, 3.8) is 0 Å². The minimum Gasteiger partial charge on any atom is -0.497 e. The first-order valence-corrected chi connectivity index (χ1v) is 7.48. The van der Waals surface area contributed by atoms with E-state index in [0.29, 0.717) is 11.4 Å². The molecule has 2 aromatic rings. The van der Waals surface area contributed by atoms with E-state index in [2.05, 4.69) is 10.0 Å². The highest BCUT2D eigenvalue weighted by Crippen LogP contribution is 2.21. The smallest absolute Gasteiger partial charge is 0.262 e. The number of ether oxygens (including phenoxy) is 1. The van der Waals surface area contributed by atoms with Gasteiger partial charge in [0.25, 0.3) is 10.0 Å². The zero-order valence-electron chi connectivity index (χ0n) is 11.3. The third-order valence-corrected chi connectivity index (χ3v) is 4.16. The molecule has 2 N–H and O–H groups in total. The topological polar surface area (TPSA) is 67.4 Å². The van der Waals surface area contributed by atoms with Crippen LogP contribution in [0.5, 0.6) is 5.75 Å². The highest BCUT2D eigenvalue weighted by molar-refractivity contribution is 7.92. The van der Waals surface area contributed by atoms with Gasteiger partial charge in [-0.1, -0.05) is 6.07 Å². The Morgan fingerprint density at radius 2 is 1.65 bits per heavy atom. The molecule has 6 heteroatoms. The van der Waals surface area contributed by atoms with E-state index in [1.807, 2.05) is 0 Å². The van der Waals surface area contributed by atoms with Crippen LogP contribution in [0.2, 0.25) is 0 Å². The van der Waals surface area contributed by atoms with Crippen molar-refractivity contribution in [2.24, 2.45) is 0 Å². The van der Waals surface area contributed by atoms with Crippen LogP contribution in [0.4, 0.5) is 11.4 Å². The van der Waals surface area contributed by atoms with Gasteiger partial charge >= 0.3 is 0 Å². The predicted octanol–water partition coefficient (Wildman–Crippen LogP) is 2.54. The lowest BCUT2D eigenvalue weighted by molar-refractivity contribution is 0.413. The quantitative estimate of drug-likeness (QED) is 0.888. The molecule has 0 aliphatic carbocycles. The number of benzene rings is 2. The Balaban J connectivity index is 2.25. The third-order valence-electron chi connectivity index (χ3n) is 2.78. The van der Waals surface area contributed by atoms with Crippen LogP contribution in [-0.4, -0.2) is 22.6 Å². The van der Waals surface area contributed by atoms with Crippen LogP contribution in [0.3, 0.4) is 0 Å². The molecule has 0 saturated carbocycles. The number of sulfonamides is 1. The van der Waals surface area contributed by atoms with Crippen LogP contribution in [0.1, 0.15) is 0 Å². The summed E-state index contributed by atoms with van der Waals surface area (Å²) in [7, 11) is -0.319. The average Bonchev–Trinajstić information content (AvgIpc) is 2.48. The normalized spacial score (nSPS) is 10.9. The van der Waals surface area contributed by atoms with E-state index in [1.165, 1.54) is 19.2 Å². The molecule has 0 saturated heterocycles. The molecule has 0 amide bonds. The van der Waals surface area contributed by atoms with Gasteiger partial charge in [0.2, 0.25) is 0 Å². The molecule has 0 aliphatic rings. The van der Waals surface area contributed by atoms with Gasteiger partial charge in [-0.25, -0.2) is 8.42 Å². The summed E-state index contributed by atoms with van der Waals surface area (Å²) in [5, 5.41) is 2.97. The summed E-state index contributed by atoms with van der Waals surface area (Å²) < 4.78 is 32.0. The zero-order chi connectivity index (χ0) is 14.6.